The Bertz CT molecular complexity index is 1540. The van der Waals surface area contributed by atoms with Crippen molar-refractivity contribution < 1.29 is 9.59 Å². The van der Waals surface area contributed by atoms with Crippen molar-refractivity contribution in [1.82, 2.24) is 19.8 Å². The van der Waals surface area contributed by atoms with Gasteiger partial charge in [-0.05, 0) is 98.8 Å². The number of benzene rings is 3. The van der Waals surface area contributed by atoms with Crippen molar-refractivity contribution in [3.8, 4) is 0 Å². The molecule has 4 aromatic rings. The number of thioether (sulfide) groups is 1. The summed E-state index contributed by atoms with van der Waals surface area (Å²) in [6.07, 6.45) is 4.89. The molecule has 1 aliphatic heterocycles. The molecule has 0 radical (unpaired) electrons. The molecule has 226 valence electrons. The topological polar surface area (TPSA) is 79.3 Å². The minimum absolute atomic E-state index is 0.0279. The monoisotopic (exact) mass is 597 g/mol. The number of nitrogens with zero attached hydrogens (tertiary/aromatic N) is 3. The molecule has 3 aromatic carbocycles. The number of amides is 2. The summed E-state index contributed by atoms with van der Waals surface area (Å²) in [5, 5.41) is 6.98. The van der Waals surface area contributed by atoms with Gasteiger partial charge in [-0.2, -0.15) is 0 Å². The predicted molar refractivity (Wildman–Crippen MR) is 177 cm³/mol. The van der Waals surface area contributed by atoms with Crippen LogP contribution in [-0.4, -0.2) is 52.4 Å². The van der Waals surface area contributed by atoms with Gasteiger partial charge in [-0.3, -0.25) is 9.59 Å². The maximum absolute atomic E-state index is 13.3. The first-order valence-corrected chi connectivity index (χ1v) is 16.4. The van der Waals surface area contributed by atoms with Crippen LogP contribution in [0.5, 0.6) is 0 Å². The second-order valence-corrected chi connectivity index (χ2v) is 12.7. The zero-order valence-electron chi connectivity index (χ0n) is 25.6. The van der Waals surface area contributed by atoms with E-state index in [9.17, 15) is 9.59 Å². The van der Waals surface area contributed by atoms with Gasteiger partial charge in [0.2, 0.25) is 5.91 Å². The highest BCUT2D eigenvalue weighted by molar-refractivity contribution is 7.98. The van der Waals surface area contributed by atoms with E-state index in [-0.39, 0.29) is 18.4 Å². The molecule has 43 heavy (non-hydrogen) atoms. The fraction of sp³-hybridized carbons (Fsp3) is 0.400. The largest absolute Gasteiger partial charge is 0.352 e. The predicted octanol–water partition coefficient (Wildman–Crippen LogP) is 7.00. The highest BCUT2D eigenvalue weighted by Gasteiger charge is 2.16. The van der Waals surface area contributed by atoms with Gasteiger partial charge < -0.3 is 20.1 Å². The molecule has 1 fully saturated rings. The van der Waals surface area contributed by atoms with Crippen molar-refractivity contribution in [3.63, 3.8) is 0 Å². The number of aryl methyl sites for hydroxylation is 1. The third kappa shape index (κ3) is 8.27. The van der Waals surface area contributed by atoms with Crippen LogP contribution in [0.1, 0.15) is 72.5 Å². The molecule has 0 saturated carbocycles. The number of fused-ring (bicyclic) bond motifs is 1. The van der Waals surface area contributed by atoms with Gasteiger partial charge in [-0.1, -0.05) is 68.4 Å². The van der Waals surface area contributed by atoms with E-state index >= 15 is 0 Å². The minimum Gasteiger partial charge on any atom is -0.352 e. The number of carbonyl (C=O) groups excluding carboxylic acids is 2. The molecule has 0 atom stereocenters. The lowest BCUT2D eigenvalue weighted by Gasteiger charge is -2.26. The summed E-state index contributed by atoms with van der Waals surface area (Å²) in [5.41, 5.74) is 6.64. The zero-order valence-corrected chi connectivity index (χ0v) is 26.4. The van der Waals surface area contributed by atoms with Gasteiger partial charge in [-0.15, -0.1) is 0 Å². The van der Waals surface area contributed by atoms with E-state index in [2.05, 4.69) is 47.6 Å². The molecule has 1 aliphatic rings. The fourth-order valence-corrected chi connectivity index (χ4v) is 6.44. The molecule has 2 amide bonds. The summed E-state index contributed by atoms with van der Waals surface area (Å²) in [6.45, 7) is 10.6. The number of para-hydroxylation sites is 2. The number of imidazole rings is 1. The van der Waals surface area contributed by atoms with Crippen LogP contribution >= 0.6 is 11.8 Å². The maximum atomic E-state index is 13.3. The van der Waals surface area contributed by atoms with Crippen LogP contribution in [-0.2, 0) is 17.1 Å². The van der Waals surface area contributed by atoms with Crippen molar-refractivity contribution >= 4 is 40.3 Å². The van der Waals surface area contributed by atoms with Crippen LogP contribution in [0.15, 0.2) is 71.9 Å². The number of nitrogens with one attached hydrogen (secondary N) is 2. The lowest BCUT2D eigenvalue weighted by molar-refractivity contribution is -0.116. The summed E-state index contributed by atoms with van der Waals surface area (Å²) >= 11 is 1.59. The van der Waals surface area contributed by atoms with Crippen molar-refractivity contribution in [2.75, 3.05) is 31.5 Å². The van der Waals surface area contributed by atoms with Gasteiger partial charge in [0.25, 0.3) is 5.91 Å². The second kappa shape index (κ2) is 14.7. The first kappa shape index (κ1) is 30.8. The molecule has 1 aromatic heterocycles. The SMILES string of the molecule is Cc1ccc(C(C)C)cc1NC(=O)Cn1c(SCc2ccc(C(=O)NCCCN3CCCCC3)cc2)nc2ccccc21. The van der Waals surface area contributed by atoms with E-state index in [1.807, 2.05) is 60.0 Å². The van der Waals surface area contributed by atoms with Crippen LogP contribution in [0.2, 0.25) is 0 Å². The number of hydrogen-bond donors (Lipinski definition) is 2. The highest BCUT2D eigenvalue weighted by atomic mass is 32.2. The van der Waals surface area contributed by atoms with Gasteiger partial charge in [0, 0.05) is 23.5 Å². The summed E-state index contributed by atoms with van der Waals surface area (Å²) in [7, 11) is 0. The lowest BCUT2D eigenvalue weighted by Crippen LogP contribution is -2.33. The van der Waals surface area contributed by atoms with Crippen molar-refractivity contribution in [3.05, 3.63) is 89.0 Å². The maximum Gasteiger partial charge on any atom is 0.251 e. The molecule has 2 heterocycles. The molecule has 7 nitrogen and oxygen atoms in total. The Kier molecular flexibility index (Phi) is 10.5. The quantitative estimate of drug-likeness (QED) is 0.136. The Labute approximate surface area is 259 Å². The van der Waals surface area contributed by atoms with Gasteiger partial charge in [0.1, 0.15) is 6.54 Å². The van der Waals surface area contributed by atoms with Crippen molar-refractivity contribution in [1.29, 1.82) is 0 Å². The van der Waals surface area contributed by atoms with Crippen LogP contribution in [0.4, 0.5) is 5.69 Å². The third-order valence-corrected chi connectivity index (χ3v) is 9.14. The average Bonchev–Trinajstić information content (AvgIpc) is 3.36. The first-order chi connectivity index (χ1) is 20.9. The Morgan fingerprint density at radius 2 is 1.74 bits per heavy atom. The van der Waals surface area contributed by atoms with Crippen LogP contribution in [0.3, 0.4) is 0 Å². The summed E-state index contributed by atoms with van der Waals surface area (Å²) in [6, 6.07) is 21.9. The van der Waals surface area contributed by atoms with E-state index in [1.54, 1.807) is 11.8 Å². The Morgan fingerprint density at radius 1 is 0.977 bits per heavy atom. The molecule has 1 saturated heterocycles. The standard InChI is InChI=1S/C35H43N5O2S/c1-25(2)29-15-12-26(3)31(22-29)37-33(41)23-40-32-11-6-5-10-30(32)38-35(40)43-24-27-13-16-28(17-14-27)34(42)36-18-9-21-39-19-7-4-8-20-39/h5-6,10-17,22,25H,4,7-9,18-21,23-24H2,1-3H3,(H,36,42)(H,37,41). The fourth-order valence-electron chi connectivity index (χ4n) is 5.47. The molecule has 0 unspecified atom stereocenters. The number of rotatable bonds is 12. The molecule has 8 heteroatoms. The summed E-state index contributed by atoms with van der Waals surface area (Å²) in [5.74, 6) is 0.952. The van der Waals surface area contributed by atoms with Crippen LogP contribution < -0.4 is 10.6 Å². The molecular formula is C35H43N5O2S. The number of carbonyl (C=O) groups is 2. The lowest BCUT2D eigenvalue weighted by atomic mass is 10.0. The number of hydrogen-bond acceptors (Lipinski definition) is 5. The van der Waals surface area contributed by atoms with E-state index in [0.29, 0.717) is 23.8 Å². The molecular weight excluding hydrogens is 554 g/mol. The van der Waals surface area contributed by atoms with Gasteiger partial charge in [0.15, 0.2) is 5.16 Å². The van der Waals surface area contributed by atoms with Gasteiger partial charge in [-0.25, -0.2) is 4.98 Å². The van der Waals surface area contributed by atoms with E-state index < -0.39 is 0 Å². The molecule has 0 spiro atoms. The molecule has 5 rings (SSSR count). The first-order valence-electron chi connectivity index (χ1n) is 15.5. The molecule has 2 N–H and O–H groups in total. The third-order valence-electron chi connectivity index (χ3n) is 8.09. The second-order valence-electron chi connectivity index (χ2n) is 11.7. The average molecular weight is 598 g/mol. The zero-order chi connectivity index (χ0) is 30.2. The highest BCUT2D eigenvalue weighted by Crippen LogP contribution is 2.28. The van der Waals surface area contributed by atoms with Crippen molar-refractivity contribution in [2.24, 2.45) is 0 Å². The van der Waals surface area contributed by atoms with E-state index in [1.165, 1.54) is 37.9 Å². The van der Waals surface area contributed by atoms with Crippen molar-refractivity contribution in [2.45, 2.75) is 69.8 Å². The number of piperidine rings is 1. The Morgan fingerprint density at radius 3 is 2.51 bits per heavy atom. The number of aromatic nitrogens is 2. The van der Waals surface area contributed by atoms with E-state index in [0.717, 1.165) is 46.0 Å². The molecule has 0 bridgehead atoms. The number of likely N-dealkylation sites (tertiary alicyclic amines) is 1. The Balaban J connectivity index is 1.18. The summed E-state index contributed by atoms with van der Waals surface area (Å²) in [4.78, 5) is 33.2. The van der Waals surface area contributed by atoms with Crippen LogP contribution in [0, 0.1) is 6.92 Å². The summed E-state index contributed by atoms with van der Waals surface area (Å²) < 4.78 is 1.99. The normalized spacial score (nSPS) is 13.9. The molecule has 0 aliphatic carbocycles. The van der Waals surface area contributed by atoms with Gasteiger partial charge in [0.05, 0.1) is 11.0 Å². The smallest absolute Gasteiger partial charge is 0.251 e. The number of anilines is 1. The van der Waals surface area contributed by atoms with Crippen LogP contribution in [0.25, 0.3) is 11.0 Å². The Hall–Kier alpha value is -3.62. The van der Waals surface area contributed by atoms with E-state index in [4.69, 9.17) is 4.98 Å². The van der Waals surface area contributed by atoms with Gasteiger partial charge >= 0.3 is 0 Å². The minimum atomic E-state index is -0.0831.